The molecule has 0 aliphatic carbocycles. The zero-order valence-electron chi connectivity index (χ0n) is 11.4. The zero-order chi connectivity index (χ0) is 16.3. The van der Waals surface area contributed by atoms with E-state index < -0.39 is 30.0 Å². The van der Waals surface area contributed by atoms with Crippen LogP contribution in [0.15, 0.2) is 24.3 Å². The van der Waals surface area contributed by atoms with E-state index in [2.05, 4.69) is 0 Å². The van der Waals surface area contributed by atoms with Crippen LogP contribution in [0.2, 0.25) is 0 Å². The number of nitriles is 1. The number of carbonyl (C=O) groups is 1. The van der Waals surface area contributed by atoms with E-state index in [9.17, 15) is 18.0 Å². The van der Waals surface area contributed by atoms with Gasteiger partial charge in [-0.3, -0.25) is 0 Å². The van der Waals surface area contributed by atoms with E-state index in [4.69, 9.17) is 15.1 Å². The molecule has 1 aromatic carbocycles. The Balaban J connectivity index is 2.02. The quantitative estimate of drug-likeness (QED) is 0.930. The monoisotopic (exact) mass is 314 g/mol. The molecule has 8 heteroatoms. The highest BCUT2D eigenvalue weighted by Gasteiger charge is 2.36. The molecule has 0 saturated carbocycles. The van der Waals surface area contributed by atoms with E-state index in [1.54, 1.807) is 0 Å². The third-order valence-electron chi connectivity index (χ3n) is 3.43. The van der Waals surface area contributed by atoms with Crippen molar-refractivity contribution in [3.05, 3.63) is 29.8 Å². The molecule has 0 spiro atoms. The standard InChI is InChI=1S/C14H13F3N2O3/c15-14(16,17)9-1-3-11(4-2-9)22-12-7-10(5-6-18)19(8-12)13(20)21/h1-4,10,12H,5,7-8H2,(H,20,21)/t10-,12-/m0/s1. The number of nitrogens with zero attached hydrogens (tertiary/aromatic N) is 2. The smallest absolute Gasteiger partial charge is 0.416 e. The molecule has 1 fully saturated rings. The Labute approximate surface area is 124 Å². The second kappa shape index (κ2) is 6.13. The largest absolute Gasteiger partial charge is 0.489 e. The number of hydrogen-bond acceptors (Lipinski definition) is 3. The lowest BCUT2D eigenvalue weighted by Crippen LogP contribution is -2.34. The molecule has 1 saturated heterocycles. The summed E-state index contributed by atoms with van der Waals surface area (Å²) in [7, 11) is 0. The highest BCUT2D eigenvalue weighted by atomic mass is 19.4. The third kappa shape index (κ3) is 3.61. The van der Waals surface area contributed by atoms with Gasteiger partial charge in [-0.2, -0.15) is 18.4 Å². The molecule has 2 atom stereocenters. The number of carboxylic acid groups (broad SMARTS) is 1. The van der Waals surface area contributed by atoms with Crippen LogP contribution >= 0.6 is 0 Å². The Hall–Kier alpha value is -2.43. The predicted molar refractivity (Wildman–Crippen MR) is 69.2 cm³/mol. The second-order valence-electron chi connectivity index (χ2n) is 4.95. The van der Waals surface area contributed by atoms with E-state index in [-0.39, 0.29) is 18.7 Å². The normalized spacial score (nSPS) is 21.5. The molecule has 1 heterocycles. The minimum atomic E-state index is -4.41. The van der Waals surface area contributed by atoms with Crippen molar-refractivity contribution in [2.24, 2.45) is 0 Å². The lowest BCUT2D eigenvalue weighted by molar-refractivity contribution is -0.137. The zero-order valence-corrected chi connectivity index (χ0v) is 11.4. The fourth-order valence-electron chi connectivity index (χ4n) is 2.41. The Morgan fingerprint density at radius 1 is 1.41 bits per heavy atom. The lowest BCUT2D eigenvalue weighted by Gasteiger charge is -2.17. The van der Waals surface area contributed by atoms with Gasteiger partial charge in [-0.25, -0.2) is 4.79 Å². The van der Waals surface area contributed by atoms with Gasteiger partial charge in [0.25, 0.3) is 0 Å². The Bertz CT molecular complexity index is 580. The number of amides is 1. The average molecular weight is 314 g/mol. The first-order valence-corrected chi connectivity index (χ1v) is 6.51. The summed E-state index contributed by atoms with van der Waals surface area (Å²) >= 11 is 0. The van der Waals surface area contributed by atoms with Gasteiger partial charge in [0.05, 0.1) is 30.6 Å². The van der Waals surface area contributed by atoms with Crippen molar-refractivity contribution >= 4 is 6.09 Å². The summed E-state index contributed by atoms with van der Waals surface area (Å²) in [5.74, 6) is 0.237. The van der Waals surface area contributed by atoms with Crippen molar-refractivity contribution < 1.29 is 27.8 Å². The number of rotatable bonds is 3. The van der Waals surface area contributed by atoms with Gasteiger partial charge in [0.2, 0.25) is 0 Å². The van der Waals surface area contributed by atoms with E-state index in [1.165, 1.54) is 12.1 Å². The van der Waals surface area contributed by atoms with E-state index >= 15 is 0 Å². The second-order valence-corrected chi connectivity index (χ2v) is 4.95. The first-order chi connectivity index (χ1) is 10.3. The van der Waals surface area contributed by atoms with Gasteiger partial charge in [-0.15, -0.1) is 0 Å². The molecule has 1 N–H and O–H groups in total. The Morgan fingerprint density at radius 2 is 2.05 bits per heavy atom. The topological polar surface area (TPSA) is 73.6 Å². The maximum Gasteiger partial charge on any atom is 0.416 e. The molecule has 1 aromatic rings. The predicted octanol–water partition coefficient (Wildman–Crippen LogP) is 3.12. The molecule has 1 aliphatic heterocycles. The highest BCUT2D eigenvalue weighted by molar-refractivity contribution is 5.66. The van der Waals surface area contributed by atoms with Gasteiger partial charge in [0.15, 0.2) is 0 Å². The molecule has 2 rings (SSSR count). The maximum absolute atomic E-state index is 12.5. The number of hydrogen-bond donors (Lipinski definition) is 1. The molecular formula is C14H13F3N2O3. The van der Waals surface area contributed by atoms with Crippen LogP contribution < -0.4 is 4.74 Å². The molecule has 0 aromatic heterocycles. The SMILES string of the molecule is N#CC[C@H]1C[C@H](Oc2ccc(C(F)(F)F)cc2)CN1C(=O)O. The number of benzene rings is 1. The van der Waals surface area contributed by atoms with Crippen molar-refractivity contribution in [2.45, 2.75) is 31.2 Å². The van der Waals surface area contributed by atoms with Crippen molar-refractivity contribution in [2.75, 3.05) is 6.54 Å². The third-order valence-corrected chi connectivity index (χ3v) is 3.43. The molecule has 22 heavy (non-hydrogen) atoms. The number of likely N-dealkylation sites (tertiary alicyclic amines) is 1. The number of ether oxygens (including phenoxy) is 1. The van der Waals surface area contributed by atoms with E-state index in [0.29, 0.717) is 6.42 Å². The summed E-state index contributed by atoms with van der Waals surface area (Å²) in [4.78, 5) is 12.2. The van der Waals surface area contributed by atoms with Crippen molar-refractivity contribution in [3.63, 3.8) is 0 Å². The summed E-state index contributed by atoms with van der Waals surface area (Å²) in [6.07, 6.45) is -5.64. The van der Waals surface area contributed by atoms with Gasteiger partial charge in [0.1, 0.15) is 11.9 Å². The highest BCUT2D eigenvalue weighted by Crippen LogP contribution is 2.31. The Kier molecular flexibility index (Phi) is 4.45. The number of alkyl halides is 3. The van der Waals surface area contributed by atoms with Gasteiger partial charge in [-0.05, 0) is 24.3 Å². The van der Waals surface area contributed by atoms with Crippen LogP contribution in [0.5, 0.6) is 5.75 Å². The molecule has 5 nitrogen and oxygen atoms in total. The molecular weight excluding hydrogens is 301 g/mol. The first-order valence-electron chi connectivity index (χ1n) is 6.51. The van der Waals surface area contributed by atoms with Crippen LogP contribution in [0.3, 0.4) is 0 Å². The molecule has 1 amide bonds. The van der Waals surface area contributed by atoms with Crippen molar-refractivity contribution in [3.8, 4) is 11.8 Å². The van der Waals surface area contributed by atoms with Crippen LogP contribution in [0, 0.1) is 11.3 Å². The summed E-state index contributed by atoms with van der Waals surface area (Å²) in [6, 6.07) is 5.68. The van der Waals surface area contributed by atoms with Crippen molar-refractivity contribution in [1.82, 2.24) is 4.90 Å². The van der Waals surface area contributed by atoms with Gasteiger partial charge in [0, 0.05) is 6.42 Å². The molecule has 0 unspecified atom stereocenters. The van der Waals surface area contributed by atoms with Gasteiger partial charge in [-0.1, -0.05) is 0 Å². The summed E-state index contributed by atoms with van der Waals surface area (Å²) in [5.41, 5.74) is -0.777. The summed E-state index contributed by atoms with van der Waals surface area (Å²) < 4.78 is 42.9. The molecule has 118 valence electrons. The lowest BCUT2D eigenvalue weighted by atomic mass is 10.1. The first kappa shape index (κ1) is 15.9. The minimum absolute atomic E-state index is 0.0547. The van der Waals surface area contributed by atoms with Crippen molar-refractivity contribution in [1.29, 1.82) is 5.26 Å². The fraction of sp³-hybridized carbons (Fsp3) is 0.429. The van der Waals surface area contributed by atoms with Crippen LogP contribution in [-0.4, -0.2) is 34.8 Å². The minimum Gasteiger partial charge on any atom is -0.489 e. The number of halogens is 3. The van der Waals surface area contributed by atoms with E-state index in [1.807, 2.05) is 6.07 Å². The molecule has 0 radical (unpaired) electrons. The Morgan fingerprint density at radius 3 is 2.55 bits per heavy atom. The maximum atomic E-state index is 12.5. The molecule has 1 aliphatic rings. The van der Waals surface area contributed by atoms with Gasteiger partial charge < -0.3 is 14.7 Å². The van der Waals surface area contributed by atoms with Crippen LogP contribution in [-0.2, 0) is 6.18 Å². The van der Waals surface area contributed by atoms with Gasteiger partial charge >= 0.3 is 12.3 Å². The van der Waals surface area contributed by atoms with E-state index in [0.717, 1.165) is 17.0 Å². The summed E-state index contributed by atoms with van der Waals surface area (Å²) in [6.45, 7) is 0.0860. The fourth-order valence-corrected chi connectivity index (χ4v) is 2.41. The van der Waals surface area contributed by atoms with Crippen LogP contribution in [0.25, 0.3) is 0 Å². The summed E-state index contributed by atoms with van der Waals surface area (Å²) in [5, 5.41) is 17.7. The molecule has 0 bridgehead atoms. The van der Waals surface area contributed by atoms with Crippen LogP contribution in [0.1, 0.15) is 18.4 Å². The van der Waals surface area contributed by atoms with Crippen LogP contribution in [0.4, 0.5) is 18.0 Å². The average Bonchev–Trinajstić information content (AvgIpc) is 2.82.